The van der Waals surface area contributed by atoms with Gasteiger partial charge >= 0.3 is 0 Å². The Kier molecular flexibility index (Phi) is 2.81. The molecule has 1 nitrogen and oxygen atoms in total. The van der Waals surface area contributed by atoms with E-state index in [-0.39, 0.29) is 5.02 Å². The predicted molar refractivity (Wildman–Crippen MR) is 38.0 cm³/mol. The van der Waals surface area contributed by atoms with E-state index in [2.05, 4.69) is 4.74 Å². The molecule has 1 aromatic rings. The summed E-state index contributed by atoms with van der Waals surface area (Å²) in [6.45, 7) is -1.23. The summed E-state index contributed by atoms with van der Waals surface area (Å²) in [5.74, 6) is -2.93. The Labute approximate surface area is 71.7 Å². The van der Waals surface area contributed by atoms with Gasteiger partial charge in [-0.3, -0.25) is 0 Å². The number of alkyl halides is 1. The first-order valence-corrected chi connectivity index (χ1v) is 3.36. The lowest BCUT2D eigenvalue weighted by Crippen LogP contribution is -1.95. The number of benzene rings is 1. The van der Waals surface area contributed by atoms with Crippen molar-refractivity contribution in [1.29, 1.82) is 0 Å². The molecule has 0 aliphatic carbocycles. The van der Waals surface area contributed by atoms with Crippen molar-refractivity contribution in [3.05, 3.63) is 28.8 Å². The van der Waals surface area contributed by atoms with Gasteiger partial charge < -0.3 is 4.74 Å². The summed E-state index contributed by atoms with van der Waals surface area (Å²) >= 11 is 5.35. The molecular weight excluding hydrogens is 193 g/mol. The van der Waals surface area contributed by atoms with Crippen molar-refractivity contribution in [1.82, 2.24) is 0 Å². The third-order valence-electron chi connectivity index (χ3n) is 1.17. The molecule has 0 unspecified atom stereocenters. The van der Waals surface area contributed by atoms with Gasteiger partial charge in [0.05, 0.1) is 0 Å². The molecule has 5 heteroatoms. The highest BCUT2D eigenvalue weighted by Crippen LogP contribution is 2.24. The van der Waals surface area contributed by atoms with Gasteiger partial charge in [-0.2, -0.15) is 4.39 Å². The van der Waals surface area contributed by atoms with Crippen LogP contribution in [-0.2, 0) is 0 Å². The zero-order valence-electron chi connectivity index (χ0n) is 5.78. The Morgan fingerprint density at radius 3 is 2.58 bits per heavy atom. The van der Waals surface area contributed by atoms with Crippen molar-refractivity contribution in [3.8, 4) is 5.75 Å². The van der Waals surface area contributed by atoms with E-state index in [1.807, 2.05) is 0 Å². The molecule has 0 saturated heterocycles. The van der Waals surface area contributed by atoms with Gasteiger partial charge in [0.15, 0.2) is 11.6 Å². The summed E-state index contributed by atoms with van der Waals surface area (Å²) in [7, 11) is 0. The average molecular weight is 197 g/mol. The molecule has 0 saturated carbocycles. The number of ether oxygens (including phenoxy) is 1. The second-order valence-electron chi connectivity index (χ2n) is 1.95. The Balaban J connectivity index is 3.09. The molecule has 0 fully saturated rings. The van der Waals surface area contributed by atoms with Crippen molar-refractivity contribution < 1.29 is 17.9 Å². The smallest absolute Gasteiger partial charge is 0.228 e. The van der Waals surface area contributed by atoms with Crippen LogP contribution in [0.25, 0.3) is 0 Å². The first-order chi connectivity index (χ1) is 5.65. The fraction of sp³-hybridized carbons (Fsp3) is 0.143. The molecule has 0 aliphatic heterocycles. The standard InChI is InChI=1S/C7H4ClF3O/c8-4-1-5(10)7(11)6(2-4)12-3-9/h1-2H,3H2. The van der Waals surface area contributed by atoms with Crippen LogP contribution >= 0.6 is 11.6 Å². The van der Waals surface area contributed by atoms with E-state index in [9.17, 15) is 13.2 Å². The van der Waals surface area contributed by atoms with Crippen molar-refractivity contribution >= 4 is 11.6 Å². The van der Waals surface area contributed by atoms with Crippen molar-refractivity contribution in [3.63, 3.8) is 0 Å². The SMILES string of the molecule is FCOc1cc(Cl)cc(F)c1F. The molecule has 0 bridgehead atoms. The molecule has 0 amide bonds. The number of hydrogen-bond acceptors (Lipinski definition) is 1. The minimum absolute atomic E-state index is 0.0441. The zero-order valence-corrected chi connectivity index (χ0v) is 6.54. The maximum absolute atomic E-state index is 12.6. The molecule has 0 aromatic heterocycles. The second kappa shape index (κ2) is 3.67. The lowest BCUT2D eigenvalue weighted by molar-refractivity contribution is 0.182. The fourth-order valence-corrected chi connectivity index (χ4v) is 0.891. The third-order valence-corrected chi connectivity index (χ3v) is 1.39. The lowest BCUT2D eigenvalue weighted by atomic mass is 10.3. The van der Waals surface area contributed by atoms with Gasteiger partial charge in [0.1, 0.15) is 0 Å². The maximum Gasteiger partial charge on any atom is 0.228 e. The summed E-state index contributed by atoms with van der Waals surface area (Å²) in [5, 5.41) is -0.0441. The Morgan fingerprint density at radius 1 is 1.33 bits per heavy atom. The molecule has 0 radical (unpaired) electrons. The fourth-order valence-electron chi connectivity index (χ4n) is 0.696. The minimum atomic E-state index is -1.24. The van der Waals surface area contributed by atoms with Gasteiger partial charge in [-0.05, 0) is 6.07 Å². The normalized spacial score (nSPS) is 10.0. The molecule has 0 spiro atoms. The molecular formula is C7H4ClF3O. The number of halogens is 4. The lowest BCUT2D eigenvalue weighted by Gasteiger charge is -2.03. The Hall–Kier alpha value is -0.900. The largest absolute Gasteiger partial charge is 0.460 e. The van der Waals surface area contributed by atoms with Crippen LogP contribution in [-0.4, -0.2) is 6.86 Å². The van der Waals surface area contributed by atoms with Crippen LogP contribution in [0.5, 0.6) is 5.75 Å². The van der Waals surface area contributed by atoms with Gasteiger partial charge in [-0.25, -0.2) is 8.78 Å². The molecule has 1 rings (SSSR count). The summed E-state index contributed by atoms with van der Waals surface area (Å²) in [6, 6.07) is 1.78. The van der Waals surface area contributed by atoms with E-state index in [0.717, 1.165) is 12.1 Å². The van der Waals surface area contributed by atoms with Gasteiger partial charge in [-0.15, -0.1) is 0 Å². The van der Waals surface area contributed by atoms with E-state index >= 15 is 0 Å². The van der Waals surface area contributed by atoms with Gasteiger partial charge in [-0.1, -0.05) is 11.6 Å². The summed E-state index contributed by atoms with van der Waals surface area (Å²) in [6.07, 6.45) is 0. The van der Waals surface area contributed by atoms with Crippen molar-refractivity contribution in [2.45, 2.75) is 0 Å². The molecule has 12 heavy (non-hydrogen) atoms. The molecule has 0 atom stereocenters. The molecule has 66 valence electrons. The van der Waals surface area contributed by atoms with E-state index < -0.39 is 24.2 Å². The zero-order chi connectivity index (χ0) is 9.14. The van der Waals surface area contributed by atoms with Crippen LogP contribution in [0.15, 0.2) is 12.1 Å². The highest BCUT2D eigenvalue weighted by atomic mass is 35.5. The van der Waals surface area contributed by atoms with Crippen LogP contribution in [0, 0.1) is 11.6 Å². The topological polar surface area (TPSA) is 9.23 Å². The molecule has 0 heterocycles. The first kappa shape index (κ1) is 9.19. The monoisotopic (exact) mass is 196 g/mol. The number of hydrogen-bond donors (Lipinski definition) is 0. The summed E-state index contributed by atoms with van der Waals surface area (Å²) in [5.41, 5.74) is 0. The van der Waals surface area contributed by atoms with Crippen LogP contribution in [0.4, 0.5) is 13.2 Å². The maximum atomic E-state index is 12.6. The minimum Gasteiger partial charge on any atom is -0.460 e. The Bertz CT molecular complexity index is 290. The molecule has 1 aromatic carbocycles. The van der Waals surface area contributed by atoms with Crippen LogP contribution < -0.4 is 4.74 Å². The van der Waals surface area contributed by atoms with Gasteiger partial charge in [0.2, 0.25) is 12.7 Å². The first-order valence-electron chi connectivity index (χ1n) is 2.98. The van der Waals surface area contributed by atoms with Gasteiger partial charge in [0, 0.05) is 11.1 Å². The van der Waals surface area contributed by atoms with Gasteiger partial charge in [0.25, 0.3) is 0 Å². The second-order valence-corrected chi connectivity index (χ2v) is 2.39. The quantitative estimate of drug-likeness (QED) is 0.661. The summed E-state index contributed by atoms with van der Waals surface area (Å²) in [4.78, 5) is 0. The van der Waals surface area contributed by atoms with E-state index in [1.54, 1.807) is 0 Å². The highest BCUT2D eigenvalue weighted by Gasteiger charge is 2.10. The molecule has 0 N–H and O–H groups in total. The van der Waals surface area contributed by atoms with E-state index in [4.69, 9.17) is 11.6 Å². The van der Waals surface area contributed by atoms with Crippen LogP contribution in [0.1, 0.15) is 0 Å². The van der Waals surface area contributed by atoms with Crippen LogP contribution in [0.2, 0.25) is 5.02 Å². The Morgan fingerprint density at radius 2 is 2.00 bits per heavy atom. The third kappa shape index (κ3) is 1.82. The predicted octanol–water partition coefficient (Wildman–Crippen LogP) is 2.92. The van der Waals surface area contributed by atoms with E-state index in [1.165, 1.54) is 0 Å². The van der Waals surface area contributed by atoms with Crippen molar-refractivity contribution in [2.24, 2.45) is 0 Å². The summed E-state index contributed by atoms with van der Waals surface area (Å²) < 4.78 is 40.8. The molecule has 0 aliphatic rings. The average Bonchev–Trinajstić information content (AvgIpc) is 2.00. The van der Waals surface area contributed by atoms with Crippen molar-refractivity contribution in [2.75, 3.05) is 6.86 Å². The van der Waals surface area contributed by atoms with E-state index in [0.29, 0.717) is 0 Å². The number of rotatable bonds is 2. The van der Waals surface area contributed by atoms with Crippen LogP contribution in [0.3, 0.4) is 0 Å². The highest BCUT2D eigenvalue weighted by molar-refractivity contribution is 6.30.